The smallest absolute Gasteiger partial charge is 0.391 e. The number of hydrogen-bond acceptors (Lipinski definition) is 3. The maximum atomic E-state index is 8.81. The Bertz CT molecular complexity index is 335. The molecule has 0 amide bonds. The molecule has 0 aromatic heterocycles. The van der Waals surface area contributed by atoms with Gasteiger partial charge in [0.25, 0.3) is 0 Å². The van der Waals surface area contributed by atoms with Gasteiger partial charge in [0.15, 0.2) is 0 Å². The summed E-state index contributed by atoms with van der Waals surface area (Å²) < 4.78 is 4.92. The molecule has 2 rings (SSSR count). The number of benzene rings is 1. The molecule has 1 aliphatic carbocycles. The minimum atomic E-state index is -2.31. The van der Waals surface area contributed by atoms with Crippen molar-refractivity contribution in [2.75, 3.05) is 0 Å². The zero-order valence-electron chi connectivity index (χ0n) is 9.17. The van der Waals surface area contributed by atoms with Gasteiger partial charge in [-0.25, -0.2) is 0 Å². The molecule has 0 unspecified atom stereocenters. The van der Waals surface area contributed by atoms with Crippen molar-refractivity contribution in [2.45, 2.75) is 38.0 Å². The van der Waals surface area contributed by atoms with E-state index in [0.717, 1.165) is 0 Å². The van der Waals surface area contributed by atoms with Crippen molar-refractivity contribution in [1.82, 2.24) is 0 Å². The van der Waals surface area contributed by atoms with E-state index >= 15 is 0 Å². The van der Waals surface area contributed by atoms with Crippen molar-refractivity contribution < 1.29 is 14.3 Å². The average Bonchev–Trinajstić information content (AvgIpc) is 2.30. The van der Waals surface area contributed by atoms with Crippen LogP contribution in [-0.2, 0) is 0 Å². The first-order valence-corrected chi connectivity index (χ1v) is 6.88. The van der Waals surface area contributed by atoms with Gasteiger partial charge >= 0.3 is 8.60 Å². The molecule has 88 valence electrons. The van der Waals surface area contributed by atoms with Crippen molar-refractivity contribution in [1.29, 1.82) is 0 Å². The van der Waals surface area contributed by atoms with E-state index in [-0.39, 0.29) is 0 Å². The number of rotatable bonds is 3. The highest BCUT2D eigenvalue weighted by Crippen LogP contribution is 2.36. The van der Waals surface area contributed by atoms with Crippen LogP contribution in [0, 0.1) is 0 Å². The van der Waals surface area contributed by atoms with E-state index in [1.165, 1.54) is 37.7 Å². The molecular formula is C12H17O3P. The molecule has 0 atom stereocenters. The first kappa shape index (κ1) is 11.8. The van der Waals surface area contributed by atoms with Crippen molar-refractivity contribution in [3.8, 4) is 5.75 Å². The first-order valence-electron chi connectivity index (χ1n) is 5.71. The lowest BCUT2D eigenvalue weighted by atomic mass is 9.84. The Kier molecular flexibility index (Phi) is 4.16. The summed E-state index contributed by atoms with van der Waals surface area (Å²) in [6.45, 7) is 0. The van der Waals surface area contributed by atoms with Gasteiger partial charge in [0, 0.05) is 0 Å². The second kappa shape index (κ2) is 5.62. The van der Waals surface area contributed by atoms with Crippen LogP contribution in [0.5, 0.6) is 5.75 Å². The second-order valence-electron chi connectivity index (χ2n) is 4.25. The zero-order chi connectivity index (χ0) is 11.4. The Balaban J connectivity index is 2.08. The normalized spacial score (nSPS) is 17.7. The molecule has 1 aromatic rings. The first-order chi connectivity index (χ1) is 7.75. The summed E-state index contributed by atoms with van der Waals surface area (Å²) >= 11 is 0. The second-order valence-corrected chi connectivity index (χ2v) is 4.94. The third-order valence-electron chi connectivity index (χ3n) is 3.12. The van der Waals surface area contributed by atoms with Crippen LogP contribution in [0.15, 0.2) is 24.3 Å². The minimum absolute atomic E-state index is 0.555. The molecule has 1 saturated carbocycles. The van der Waals surface area contributed by atoms with Crippen molar-refractivity contribution >= 4 is 8.60 Å². The van der Waals surface area contributed by atoms with Crippen molar-refractivity contribution in [3.63, 3.8) is 0 Å². The maximum absolute atomic E-state index is 8.81. The Morgan fingerprint density at radius 1 is 1.12 bits per heavy atom. The quantitative estimate of drug-likeness (QED) is 0.797. The summed E-state index contributed by atoms with van der Waals surface area (Å²) in [4.78, 5) is 17.6. The molecular weight excluding hydrogens is 223 g/mol. The Hall–Kier alpha value is -0.630. The highest BCUT2D eigenvalue weighted by molar-refractivity contribution is 7.39. The monoisotopic (exact) mass is 240 g/mol. The SMILES string of the molecule is OP(O)Oc1cccc(C2CCCCC2)c1. The fourth-order valence-electron chi connectivity index (χ4n) is 2.36. The summed E-state index contributed by atoms with van der Waals surface area (Å²) in [5.74, 6) is 1.17. The van der Waals surface area contributed by atoms with E-state index in [0.29, 0.717) is 11.7 Å². The Morgan fingerprint density at radius 2 is 1.88 bits per heavy atom. The summed E-state index contributed by atoms with van der Waals surface area (Å²) in [7, 11) is -2.31. The predicted molar refractivity (Wildman–Crippen MR) is 64.3 cm³/mol. The van der Waals surface area contributed by atoms with E-state index in [9.17, 15) is 0 Å². The summed E-state index contributed by atoms with van der Waals surface area (Å²) in [6, 6.07) is 7.70. The maximum Gasteiger partial charge on any atom is 0.391 e. The van der Waals surface area contributed by atoms with E-state index < -0.39 is 8.60 Å². The summed E-state index contributed by atoms with van der Waals surface area (Å²) in [6.07, 6.45) is 6.39. The lowest BCUT2D eigenvalue weighted by Gasteiger charge is -2.22. The third kappa shape index (κ3) is 3.18. The van der Waals surface area contributed by atoms with Crippen LogP contribution < -0.4 is 4.52 Å². The molecule has 0 aliphatic heterocycles. The molecule has 0 saturated heterocycles. The fraction of sp³-hybridized carbons (Fsp3) is 0.500. The van der Waals surface area contributed by atoms with Gasteiger partial charge in [-0.3, -0.25) is 0 Å². The van der Waals surface area contributed by atoms with Crippen LogP contribution in [0.25, 0.3) is 0 Å². The lowest BCUT2D eigenvalue weighted by molar-refractivity contribution is 0.374. The average molecular weight is 240 g/mol. The zero-order valence-corrected chi connectivity index (χ0v) is 10.1. The highest BCUT2D eigenvalue weighted by atomic mass is 31.2. The largest absolute Gasteiger partial charge is 0.427 e. The Labute approximate surface area is 97.1 Å². The van der Waals surface area contributed by atoms with Gasteiger partial charge < -0.3 is 14.3 Å². The van der Waals surface area contributed by atoms with Gasteiger partial charge in [-0.05, 0) is 36.5 Å². The molecule has 4 heteroatoms. The molecule has 1 aromatic carbocycles. The minimum Gasteiger partial charge on any atom is -0.427 e. The van der Waals surface area contributed by atoms with Crippen molar-refractivity contribution in [3.05, 3.63) is 29.8 Å². The molecule has 0 spiro atoms. The summed E-state index contributed by atoms with van der Waals surface area (Å²) in [5, 5.41) is 0. The predicted octanol–water partition coefficient (Wildman–Crippen LogP) is 3.32. The van der Waals surface area contributed by atoms with Gasteiger partial charge in [0.2, 0.25) is 0 Å². The third-order valence-corrected chi connectivity index (χ3v) is 3.50. The number of hydrogen-bond donors (Lipinski definition) is 2. The molecule has 2 N–H and O–H groups in total. The van der Waals surface area contributed by atoms with Crippen LogP contribution in [0.2, 0.25) is 0 Å². The van der Waals surface area contributed by atoms with Gasteiger partial charge in [-0.1, -0.05) is 31.4 Å². The summed E-state index contributed by atoms with van der Waals surface area (Å²) in [5.41, 5.74) is 1.26. The molecule has 0 bridgehead atoms. The van der Waals surface area contributed by atoms with Gasteiger partial charge in [0.05, 0.1) is 0 Å². The molecule has 0 heterocycles. The van der Waals surface area contributed by atoms with E-state index in [1.807, 2.05) is 12.1 Å². The molecule has 1 aliphatic rings. The van der Waals surface area contributed by atoms with Gasteiger partial charge in [0.1, 0.15) is 5.75 Å². The van der Waals surface area contributed by atoms with Crippen LogP contribution in [0.1, 0.15) is 43.6 Å². The topological polar surface area (TPSA) is 49.7 Å². The van der Waals surface area contributed by atoms with E-state index in [4.69, 9.17) is 14.3 Å². The molecule has 0 radical (unpaired) electrons. The van der Waals surface area contributed by atoms with Crippen LogP contribution >= 0.6 is 8.60 Å². The van der Waals surface area contributed by atoms with E-state index in [1.54, 1.807) is 6.07 Å². The molecule has 16 heavy (non-hydrogen) atoms. The molecule has 3 nitrogen and oxygen atoms in total. The van der Waals surface area contributed by atoms with Crippen LogP contribution in [0.3, 0.4) is 0 Å². The van der Waals surface area contributed by atoms with Gasteiger partial charge in [-0.15, -0.1) is 0 Å². The van der Waals surface area contributed by atoms with Crippen LogP contribution in [0.4, 0.5) is 0 Å². The van der Waals surface area contributed by atoms with Crippen molar-refractivity contribution in [2.24, 2.45) is 0 Å². The fourth-order valence-corrected chi connectivity index (χ4v) is 2.66. The van der Waals surface area contributed by atoms with Crippen LogP contribution in [-0.4, -0.2) is 9.79 Å². The highest BCUT2D eigenvalue weighted by Gasteiger charge is 2.16. The van der Waals surface area contributed by atoms with Gasteiger partial charge in [-0.2, -0.15) is 0 Å². The Morgan fingerprint density at radius 3 is 2.56 bits per heavy atom. The standard InChI is InChI=1S/C12H17O3P/c13-16(14)15-12-8-4-7-11(9-12)10-5-2-1-3-6-10/h4,7-10,13-14H,1-3,5-6H2. The van der Waals surface area contributed by atoms with E-state index in [2.05, 4.69) is 6.07 Å². The lowest BCUT2D eigenvalue weighted by Crippen LogP contribution is -2.04. The molecule has 1 fully saturated rings.